The van der Waals surface area contributed by atoms with E-state index in [4.69, 9.17) is 11.6 Å². The van der Waals surface area contributed by atoms with Crippen LogP contribution in [0.4, 0.5) is 13.2 Å². The lowest BCUT2D eigenvalue weighted by atomic mass is 10.00. The molecule has 9 heteroatoms. The lowest BCUT2D eigenvalue weighted by Crippen LogP contribution is -2.39. The van der Waals surface area contributed by atoms with E-state index in [1.165, 1.54) is 6.07 Å². The summed E-state index contributed by atoms with van der Waals surface area (Å²) < 4.78 is 41.8. The molecule has 0 saturated carbocycles. The summed E-state index contributed by atoms with van der Waals surface area (Å²) in [5, 5.41) is 4.42. The van der Waals surface area contributed by atoms with E-state index in [0.717, 1.165) is 18.9 Å². The number of carbonyl (C=O) groups is 1. The highest BCUT2D eigenvalue weighted by atomic mass is 35.5. The molecule has 152 valence electrons. The molecule has 3 heterocycles. The van der Waals surface area contributed by atoms with E-state index < -0.39 is 11.9 Å². The topological polar surface area (TPSA) is 50.5 Å². The summed E-state index contributed by atoms with van der Waals surface area (Å²) in [7, 11) is 0. The molecule has 1 aliphatic rings. The predicted octanol–water partition coefficient (Wildman–Crippen LogP) is 4.94. The summed E-state index contributed by atoms with van der Waals surface area (Å²) >= 11 is 5.86. The minimum atomic E-state index is -4.66. The summed E-state index contributed by atoms with van der Waals surface area (Å²) in [6, 6.07) is 8.60. The zero-order chi connectivity index (χ0) is 20.8. The van der Waals surface area contributed by atoms with Gasteiger partial charge < -0.3 is 4.90 Å². The molecule has 29 heavy (non-hydrogen) atoms. The zero-order valence-corrected chi connectivity index (χ0v) is 16.3. The number of rotatable bonds is 2. The Balaban J connectivity index is 1.80. The summed E-state index contributed by atoms with van der Waals surface area (Å²) in [5.41, 5.74) is -0.435. The molecule has 1 fully saturated rings. The molecule has 2 aromatic heterocycles. The molecule has 1 saturated heterocycles. The number of aromatic nitrogens is 3. The first kappa shape index (κ1) is 19.7. The fraction of sp³-hybridized carbons (Fsp3) is 0.350. The van der Waals surface area contributed by atoms with Crippen molar-refractivity contribution in [2.24, 2.45) is 5.92 Å². The minimum Gasteiger partial charge on any atom is -0.337 e. The Labute approximate surface area is 170 Å². The van der Waals surface area contributed by atoms with E-state index in [0.29, 0.717) is 34.1 Å². The second-order valence-corrected chi connectivity index (χ2v) is 7.77. The highest BCUT2D eigenvalue weighted by molar-refractivity contribution is 6.30. The highest BCUT2D eigenvalue weighted by Crippen LogP contribution is 2.32. The van der Waals surface area contributed by atoms with Gasteiger partial charge in [-0.15, -0.1) is 0 Å². The van der Waals surface area contributed by atoms with Gasteiger partial charge in [0, 0.05) is 29.7 Å². The number of nitrogens with zero attached hydrogens (tertiary/aromatic N) is 4. The van der Waals surface area contributed by atoms with Gasteiger partial charge in [-0.3, -0.25) is 4.79 Å². The molecular formula is C20H18ClF3N4O. The second kappa shape index (κ2) is 7.33. The Bertz CT molecular complexity index is 1060. The van der Waals surface area contributed by atoms with Crippen molar-refractivity contribution in [2.45, 2.75) is 25.9 Å². The molecule has 1 aliphatic heterocycles. The number of likely N-dealkylation sites (tertiary alicyclic amines) is 1. The Morgan fingerprint density at radius 2 is 1.93 bits per heavy atom. The smallest absolute Gasteiger partial charge is 0.337 e. The van der Waals surface area contributed by atoms with Crippen molar-refractivity contribution >= 4 is 23.2 Å². The molecule has 3 aromatic rings. The number of hydrogen-bond acceptors (Lipinski definition) is 3. The van der Waals surface area contributed by atoms with Gasteiger partial charge in [-0.05, 0) is 37.0 Å². The lowest BCUT2D eigenvalue weighted by molar-refractivity contribution is -0.142. The van der Waals surface area contributed by atoms with Gasteiger partial charge in [0.2, 0.25) is 0 Å². The van der Waals surface area contributed by atoms with E-state index in [9.17, 15) is 18.0 Å². The van der Waals surface area contributed by atoms with Crippen LogP contribution >= 0.6 is 11.6 Å². The molecule has 0 bridgehead atoms. The molecule has 4 rings (SSSR count). The quantitative estimate of drug-likeness (QED) is 0.587. The van der Waals surface area contributed by atoms with Crippen molar-refractivity contribution < 1.29 is 18.0 Å². The van der Waals surface area contributed by atoms with Gasteiger partial charge in [0.1, 0.15) is 0 Å². The molecular weight excluding hydrogens is 405 g/mol. The van der Waals surface area contributed by atoms with Crippen LogP contribution < -0.4 is 0 Å². The SMILES string of the molecule is CC1CCCN(C(=O)c2cc3nc(-c4ccc(Cl)cc4)cc(C(F)(F)F)n3n2)C1. The van der Waals surface area contributed by atoms with Gasteiger partial charge in [-0.2, -0.15) is 18.3 Å². The molecule has 0 aliphatic carbocycles. The van der Waals surface area contributed by atoms with Gasteiger partial charge >= 0.3 is 6.18 Å². The third-order valence-electron chi connectivity index (χ3n) is 5.02. The molecule has 1 unspecified atom stereocenters. The first-order valence-corrected chi connectivity index (χ1v) is 9.63. The van der Waals surface area contributed by atoms with Crippen molar-refractivity contribution in [3.05, 3.63) is 52.8 Å². The van der Waals surface area contributed by atoms with E-state index >= 15 is 0 Å². The van der Waals surface area contributed by atoms with Gasteiger partial charge in [0.05, 0.1) is 5.69 Å². The number of halogens is 4. The Kier molecular flexibility index (Phi) is 4.98. The number of alkyl halides is 3. The summed E-state index contributed by atoms with van der Waals surface area (Å²) in [4.78, 5) is 18.7. The first-order chi connectivity index (χ1) is 13.7. The van der Waals surface area contributed by atoms with E-state index in [1.807, 2.05) is 6.92 Å². The van der Waals surface area contributed by atoms with Crippen LogP contribution in [0.3, 0.4) is 0 Å². The third-order valence-corrected chi connectivity index (χ3v) is 5.27. The molecule has 1 atom stereocenters. The Hall–Kier alpha value is -2.61. The molecule has 0 N–H and O–H groups in total. The predicted molar refractivity (Wildman–Crippen MR) is 103 cm³/mol. The van der Waals surface area contributed by atoms with Gasteiger partial charge in [-0.25, -0.2) is 9.50 Å². The van der Waals surface area contributed by atoms with E-state index in [2.05, 4.69) is 10.1 Å². The lowest BCUT2D eigenvalue weighted by Gasteiger charge is -2.30. The molecule has 0 spiro atoms. The van der Waals surface area contributed by atoms with Crippen LogP contribution in [-0.4, -0.2) is 38.5 Å². The van der Waals surface area contributed by atoms with Crippen molar-refractivity contribution in [2.75, 3.05) is 13.1 Å². The minimum absolute atomic E-state index is 0.0295. The molecule has 1 aromatic carbocycles. The van der Waals surface area contributed by atoms with E-state index in [1.54, 1.807) is 29.2 Å². The Morgan fingerprint density at radius 1 is 1.21 bits per heavy atom. The highest BCUT2D eigenvalue weighted by Gasteiger charge is 2.36. The van der Waals surface area contributed by atoms with Gasteiger partial charge in [0.15, 0.2) is 17.0 Å². The van der Waals surface area contributed by atoms with Crippen molar-refractivity contribution in [1.82, 2.24) is 19.5 Å². The first-order valence-electron chi connectivity index (χ1n) is 9.25. The average Bonchev–Trinajstić information content (AvgIpc) is 3.10. The number of hydrogen-bond donors (Lipinski definition) is 0. The van der Waals surface area contributed by atoms with Crippen molar-refractivity contribution in [1.29, 1.82) is 0 Å². The number of fused-ring (bicyclic) bond motifs is 1. The summed E-state index contributed by atoms with van der Waals surface area (Å²) in [6.45, 7) is 3.19. The maximum atomic E-state index is 13.7. The average molecular weight is 423 g/mol. The van der Waals surface area contributed by atoms with E-state index in [-0.39, 0.29) is 22.9 Å². The van der Waals surface area contributed by atoms with Crippen molar-refractivity contribution in [3.8, 4) is 11.3 Å². The monoisotopic (exact) mass is 422 g/mol. The van der Waals surface area contributed by atoms with Crippen LogP contribution in [0.15, 0.2) is 36.4 Å². The largest absolute Gasteiger partial charge is 0.433 e. The fourth-order valence-corrected chi connectivity index (χ4v) is 3.71. The van der Waals surface area contributed by atoms with Crippen LogP contribution in [0.25, 0.3) is 16.9 Å². The number of piperidine rings is 1. The molecule has 1 amide bonds. The number of carbonyl (C=O) groups excluding carboxylic acids is 1. The van der Waals surface area contributed by atoms with Crippen molar-refractivity contribution in [3.63, 3.8) is 0 Å². The summed E-state index contributed by atoms with van der Waals surface area (Å²) in [6.07, 6.45) is -2.76. The molecule has 0 radical (unpaired) electrons. The second-order valence-electron chi connectivity index (χ2n) is 7.33. The number of benzene rings is 1. The van der Waals surface area contributed by atoms with Gasteiger partial charge in [0.25, 0.3) is 5.91 Å². The third kappa shape index (κ3) is 3.94. The fourth-order valence-electron chi connectivity index (χ4n) is 3.59. The van der Waals surface area contributed by atoms with Crippen LogP contribution in [0, 0.1) is 5.92 Å². The Morgan fingerprint density at radius 3 is 2.59 bits per heavy atom. The maximum absolute atomic E-state index is 13.7. The standard InChI is InChI=1S/C20H18ClF3N4O/c1-12-3-2-8-27(11-12)19(29)16-10-18-25-15(13-4-6-14(21)7-5-13)9-17(20(22,23)24)28(18)26-16/h4-7,9-10,12H,2-3,8,11H2,1H3. The van der Waals surface area contributed by atoms with Gasteiger partial charge in [-0.1, -0.05) is 30.7 Å². The van der Waals surface area contributed by atoms with Crippen LogP contribution in [0.5, 0.6) is 0 Å². The maximum Gasteiger partial charge on any atom is 0.433 e. The van der Waals surface area contributed by atoms with Crippen LogP contribution in [0.2, 0.25) is 5.02 Å². The molecule has 5 nitrogen and oxygen atoms in total. The zero-order valence-electron chi connectivity index (χ0n) is 15.6. The number of amides is 1. The summed E-state index contributed by atoms with van der Waals surface area (Å²) in [5.74, 6) is -0.0201. The van der Waals surface area contributed by atoms with Crippen LogP contribution in [-0.2, 0) is 6.18 Å². The normalized spacial score (nSPS) is 17.7. The van der Waals surface area contributed by atoms with Crippen LogP contribution in [0.1, 0.15) is 35.9 Å².